The van der Waals surface area contributed by atoms with Crippen molar-refractivity contribution in [3.63, 3.8) is 0 Å². The molecule has 2 nitrogen and oxygen atoms in total. The van der Waals surface area contributed by atoms with Gasteiger partial charge in [-0.3, -0.25) is 9.69 Å². The van der Waals surface area contributed by atoms with Gasteiger partial charge in [0.2, 0.25) is 0 Å². The number of hydrogen-bond donors (Lipinski definition) is 0. The fraction of sp³-hybridized carbons (Fsp3) is 0.462. The van der Waals surface area contributed by atoms with Gasteiger partial charge in [0.05, 0.1) is 0 Å². The van der Waals surface area contributed by atoms with Crippen LogP contribution in [0.15, 0.2) is 24.3 Å². The van der Waals surface area contributed by atoms with Crippen LogP contribution in [0.3, 0.4) is 0 Å². The highest BCUT2D eigenvalue weighted by Crippen LogP contribution is 2.13. The lowest BCUT2D eigenvalue weighted by molar-refractivity contribution is 0.101. The summed E-state index contributed by atoms with van der Waals surface area (Å²) in [6, 6.07) is 7.98. The molecule has 0 N–H and O–H groups in total. The molecule has 0 aliphatic carbocycles. The Balaban J connectivity index is 2.00. The van der Waals surface area contributed by atoms with Gasteiger partial charge in [-0.25, -0.2) is 0 Å². The van der Waals surface area contributed by atoms with Crippen LogP contribution in [-0.2, 0) is 6.54 Å². The standard InChI is InChI=1S/C13H17NO/c1-11(15)13-6-4-12(5-7-13)10-14-8-2-3-9-14/h4-7H,2-3,8-10H2,1H3. The molecule has 0 atom stereocenters. The highest BCUT2D eigenvalue weighted by molar-refractivity contribution is 5.93. The van der Waals surface area contributed by atoms with Crippen LogP contribution < -0.4 is 0 Å². The maximum atomic E-state index is 11.1. The maximum absolute atomic E-state index is 11.1. The van der Waals surface area contributed by atoms with Crippen molar-refractivity contribution in [3.8, 4) is 0 Å². The Hall–Kier alpha value is -1.15. The molecule has 80 valence electrons. The first-order chi connectivity index (χ1) is 7.25. The molecule has 1 heterocycles. The van der Waals surface area contributed by atoms with E-state index in [0.717, 1.165) is 12.1 Å². The summed E-state index contributed by atoms with van der Waals surface area (Å²) in [6.07, 6.45) is 2.65. The minimum absolute atomic E-state index is 0.141. The third-order valence-electron chi connectivity index (χ3n) is 2.97. The van der Waals surface area contributed by atoms with Crippen LogP contribution in [0.5, 0.6) is 0 Å². The van der Waals surface area contributed by atoms with Gasteiger partial charge in [0, 0.05) is 12.1 Å². The lowest BCUT2D eigenvalue weighted by atomic mass is 10.1. The molecule has 0 spiro atoms. The summed E-state index contributed by atoms with van der Waals surface area (Å²) in [4.78, 5) is 13.6. The highest BCUT2D eigenvalue weighted by atomic mass is 16.1. The first kappa shape index (κ1) is 10.4. The Morgan fingerprint density at radius 2 is 1.80 bits per heavy atom. The summed E-state index contributed by atoms with van der Waals surface area (Å²) >= 11 is 0. The van der Waals surface area contributed by atoms with Gasteiger partial charge in [-0.05, 0) is 38.4 Å². The van der Waals surface area contributed by atoms with E-state index in [0.29, 0.717) is 0 Å². The molecule has 1 aromatic carbocycles. The van der Waals surface area contributed by atoms with Gasteiger partial charge in [0.1, 0.15) is 0 Å². The predicted molar refractivity (Wildman–Crippen MR) is 61.0 cm³/mol. The zero-order valence-corrected chi connectivity index (χ0v) is 9.20. The second kappa shape index (κ2) is 4.58. The lowest BCUT2D eigenvalue weighted by Crippen LogP contribution is -2.18. The van der Waals surface area contributed by atoms with Crippen molar-refractivity contribution in [2.45, 2.75) is 26.3 Å². The van der Waals surface area contributed by atoms with Gasteiger partial charge >= 0.3 is 0 Å². The number of benzene rings is 1. The third kappa shape index (κ3) is 2.66. The lowest BCUT2D eigenvalue weighted by Gasteiger charge is -2.14. The van der Waals surface area contributed by atoms with Crippen molar-refractivity contribution < 1.29 is 4.79 Å². The van der Waals surface area contributed by atoms with Crippen LogP contribution >= 0.6 is 0 Å². The average Bonchev–Trinajstić information content (AvgIpc) is 2.71. The monoisotopic (exact) mass is 203 g/mol. The molecule has 2 heteroatoms. The Bertz CT molecular complexity index is 336. The molecule has 1 aromatic rings. The Kier molecular flexibility index (Phi) is 3.17. The first-order valence-electron chi connectivity index (χ1n) is 5.58. The third-order valence-corrected chi connectivity index (χ3v) is 2.97. The fourth-order valence-corrected chi connectivity index (χ4v) is 2.04. The van der Waals surface area contributed by atoms with Gasteiger partial charge in [-0.15, -0.1) is 0 Å². The second-order valence-corrected chi connectivity index (χ2v) is 4.24. The highest BCUT2D eigenvalue weighted by Gasteiger charge is 2.11. The number of nitrogens with zero attached hydrogens (tertiary/aromatic N) is 1. The number of Topliss-reactive ketones (excluding diaryl/α,β-unsaturated/α-hetero) is 1. The normalized spacial score (nSPS) is 16.9. The summed E-state index contributed by atoms with van der Waals surface area (Å²) < 4.78 is 0. The van der Waals surface area contributed by atoms with E-state index in [1.165, 1.54) is 31.5 Å². The SMILES string of the molecule is CC(=O)c1ccc(CN2CCCC2)cc1. The van der Waals surface area contributed by atoms with Crippen LogP contribution in [-0.4, -0.2) is 23.8 Å². The number of likely N-dealkylation sites (tertiary alicyclic amines) is 1. The van der Waals surface area contributed by atoms with Crippen molar-refractivity contribution in [3.05, 3.63) is 35.4 Å². The molecule has 1 fully saturated rings. The molecule has 0 saturated carbocycles. The van der Waals surface area contributed by atoms with Gasteiger partial charge < -0.3 is 0 Å². The maximum Gasteiger partial charge on any atom is 0.159 e. The zero-order chi connectivity index (χ0) is 10.7. The second-order valence-electron chi connectivity index (χ2n) is 4.24. The summed E-state index contributed by atoms with van der Waals surface area (Å²) in [5.41, 5.74) is 2.11. The molecule has 0 unspecified atom stereocenters. The smallest absolute Gasteiger partial charge is 0.159 e. The zero-order valence-electron chi connectivity index (χ0n) is 9.20. The molecule has 0 radical (unpaired) electrons. The van der Waals surface area contributed by atoms with E-state index < -0.39 is 0 Å². The minimum atomic E-state index is 0.141. The van der Waals surface area contributed by atoms with Crippen molar-refractivity contribution in [2.24, 2.45) is 0 Å². The van der Waals surface area contributed by atoms with Gasteiger partial charge in [0.25, 0.3) is 0 Å². The van der Waals surface area contributed by atoms with E-state index >= 15 is 0 Å². The first-order valence-corrected chi connectivity index (χ1v) is 5.58. The molecule has 1 saturated heterocycles. The molecule has 0 aromatic heterocycles. The topological polar surface area (TPSA) is 20.3 Å². The van der Waals surface area contributed by atoms with Crippen LogP contribution in [0.1, 0.15) is 35.7 Å². The van der Waals surface area contributed by atoms with Gasteiger partial charge in [-0.2, -0.15) is 0 Å². The predicted octanol–water partition coefficient (Wildman–Crippen LogP) is 2.49. The van der Waals surface area contributed by atoms with E-state index in [-0.39, 0.29) is 5.78 Å². The number of ketones is 1. The summed E-state index contributed by atoms with van der Waals surface area (Å²) in [7, 11) is 0. The summed E-state index contributed by atoms with van der Waals surface area (Å²) in [5, 5.41) is 0. The van der Waals surface area contributed by atoms with Crippen molar-refractivity contribution in [2.75, 3.05) is 13.1 Å². The molecule has 15 heavy (non-hydrogen) atoms. The quantitative estimate of drug-likeness (QED) is 0.703. The van der Waals surface area contributed by atoms with Crippen molar-refractivity contribution >= 4 is 5.78 Å². The summed E-state index contributed by atoms with van der Waals surface area (Å²) in [5.74, 6) is 0.141. The Labute approximate surface area is 90.9 Å². The molecular weight excluding hydrogens is 186 g/mol. The van der Waals surface area contributed by atoms with Crippen LogP contribution in [0.25, 0.3) is 0 Å². The van der Waals surface area contributed by atoms with Crippen LogP contribution in [0, 0.1) is 0 Å². The largest absolute Gasteiger partial charge is 0.299 e. The number of hydrogen-bond acceptors (Lipinski definition) is 2. The molecule has 2 rings (SSSR count). The minimum Gasteiger partial charge on any atom is -0.299 e. The van der Waals surface area contributed by atoms with Crippen LogP contribution in [0.2, 0.25) is 0 Å². The Morgan fingerprint density at radius 3 is 2.33 bits per heavy atom. The number of rotatable bonds is 3. The molecule has 0 bridgehead atoms. The molecule has 1 aliphatic rings. The Morgan fingerprint density at radius 1 is 1.20 bits per heavy atom. The molecular formula is C13H17NO. The number of carbonyl (C=O) groups is 1. The molecule has 0 amide bonds. The number of carbonyl (C=O) groups excluding carboxylic acids is 1. The fourth-order valence-electron chi connectivity index (χ4n) is 2.04. The summed E-state index contributed by atoms with van der Waals surface area (Å²) in [6.45, 7) is 5.07. The van der Waals surface area contributed by atoms with E-state index in [1.54, 1.807) is 6.92 Å². The van der Waals surface area contributed by atoms with Crippen molar-refractivity contribution in [1.29, 1.82) is 0 Å². The van der Waals surface area contributed by atoms with E-state index in [9.17, 15) is 4.79 Å². The van der Waals surface area contributed by atoms with Gasteiger partial charge in [0.15, 0.2) is 5.78 Å². The van der Waals surface area contributed by atoms with E-state index in [1.807, 2.05) is 12.1 Å². The van der Waals surface area contributed by atoms with Gasteiger partial charge in [-0.1, -0.05) is 24.3 Å². The van der Waals surface area contributed by atoms with E-state index in [2.05, 4.69) is 17.0 Å². The van der Waals surface area contributed by atoms with E-state index in [4.69, 9.17) is 0 Å². The van der Waals surface area contributed by atoms with Crippen molar-refractivity contribution in [1.82, 2.24) is 4.90 Å². The average molecular weight is 203 g/mol. The molecule has 1 aliphatic heterocycles. The van der Waals surface area contributed by atoms with Crippen LogP contribution in [0.4, 0.5) is 0 Å².